The Labute approximate surface area is 204 Å². The second kappa shape index (κ2) is 12.4. The van der Waals surface area contributed by atoms with Crippen LogP contribution in [0.25, 0.3) is 5.69 Å². The molecule has 0 aliphatic carbocycles. The Kier molecular flexibility index (Phi) is 9.00. The molecule has 0 radical (unpaired) electrons. The smallest absolute Gasteiger partial charge is 0.408 e. The van der Waals surface area contributed by atoms with Gasteiger partial charge in [-0.05, 0) is 23.6 Å². The molecule has 0 fully saturated rings. The highest BCUT2D eigenvalue weighted by atomic mass is 16.5. The third-order valence-electron chi connectivity index (χ3n) is 5.34. The Morgan fingerprint density at radius 3 is 2.26 bits per heavy atom. The number of carbonyl (C=O) groups excluding carboxylic acids is 3. The lowest BCUT2D eigenvalue weighted by Crippen LogP contribution is -2.54. The minimum atomic E-state index is -1.02. The summed E-state index contributed by atoms with van der Waals surface area (Å²) in [6, 6.07) is 16.9. The van der Waals surface area contributed by atoms with Gasteiger partial charge in [-0.15, -0.1) is 0 Å². The van der Waals surface area contributed by atoms with E-state index in [1.807, 2.05) is 65.2 Å². The van der Waals surface area contributed by atoms with E-state index < -0.39 is 30.1 Å². The summed E-state index contributed by atoms with van der Waals surface area (Å²) >= 11 is 0. The second-order valence-corrected chi connectivity index (χ2v) is 8.32. The third-order valence-corrected chi connectivity index (χ3v) is 5.34. The molecular weight excluding hydrogens is 448 g/mol. The Hall–Kier alpha value is -4.14. The molecule has 9 heteroatoms. The van der Waals surface area contributed by atoms with Crippen molar-refractivity contribution < 1.29 is 23.9 Å². The molecule has 35 heavy (non-hydrogen) atoms. The van der Waals surface area contributed by atoms with Crippen LogP contribution in [0.4, 0.5) is 4.79 Å². The van der Waals surface area contributed by atoms with Gasteiger partial charge in [-0.1, -0.05) is 62.4 Å². The summed E-state index contributed by atoms with van der Waals surface area (Å²) in [7, 11) is 1.26. The molecule has 184 valence electrons. The number of hydrogen-bond acceptors (Lipinski definition) is 6. The fourth-order valence-corrected chi connectivity index (χ4v) is 3.41. The zero-order valence-electron chi connectivity index (χ0n) is 20.0. The summed E-state index contributed by atoms with van der Waals surface area (Å²) in [5.41, 5.74) is 2.31. The molecule has 0 aliphatic rings. The summed E-state index contributed by atoms with van der Waals surface area (Å²) < 4.78 is 11.9. The molecule has 2 N–H and O–H groups in total. The van der Waals surface area contributed by atoms with E-state index >= 15 is 0 Å². The van der Waals surface area contributed by atoms with Gasteiger partial charge in [-0.25, -0.2) is 14.6 Å². The van der Waals surface area contributed by atoms with Crippen molar-refractivity contribution in [2.24, 2.45) is 5.92 Å². The lowest BCUT2D eigenvalue weighted by molar-refractivity contribution is -0.146. The van der Waals surface area contributed by atoms with E-state index in [1.165, 1.54) is 7.11 Å². The first-order chi connectivity index (χ1) is 16.9. The van der Waals surface area contributed by atoms with Gasteiger partial charge in [0, 0.05) is 18.3 Å². The van der Waals surface area contributed by atoms with E-state index in [2.05, 4.69) is 15.6 Å². The number of rotatable bonds is 10. The molecule has 1 aromatic heterocycles. The summed E-state index contributed by atoms with van der Waals surface area (Å²) in [5.74, 6) is -1.32. The molecule has 2 atom stereocenters. The number of nitrogens with one attached hydrogen (secondary N) is 2. The largest absolute Gasteiger partial charge is 0.467 e. The minimum Gasteiger partial charge on any atom is -0.467 e. The van der Waals surface area contributed by atoms with Crippen LogP contribution in [0.15, 0.2) is 73.2 Å². The van der Waals surface area contributed by atoms with Gasteiger partial charge < -0.3 is 24.7 Å². The summed E-state index contributed by atoms with van der Waals surface area (Å²) in [4.78, 5) is 42.2. The fraction of sp³-hybridized carbons (Fsp3) is 0.308. The van der Waals surface area contributed by atoms with E-state index in [-0.39, 0.29) is 18.9 Å². The molecule has 0 aliphatic heterocycles. The Morgan fingerprint density at radius 1 is 0.971 bits per heavy atom. The number of esters is 1. The standard InChI is InChI=1S/C26H30N4O5/c1-18(2)23(25(32)34-3)29-24(31)22(28-26(33)35-16-19-10-6-4-7-11-19)14-20-15-30(17-27-20)21-12-8-5-9-13-21/h4-13,15,17-18,22-23H,14,16H2,1-3H3,(H,28,33)(H,29,31)/t22-,23?/m0/s1. The molecule has 0 saturated heterocycles. The molecule has 0 spiro atoms. The molecule has 2 aromatic carbocycles. The van der Waals surface area contributed by atoms with Crippen LogP contribution in [0.2, 0.25) is 0 Å². The number of amides is 2. The van der Waals surface area contributed by atoms with Crippen LogP contribution in [-0.4, -0.2) is 46.7 Å². The monoisotopic (exact) mass is 478 g/mol. The number of carbonyl (C=O) groups is 3. The predicted molar refractivity (Wildman–Crippen MR) is 130 cm³/mol. The summed E-state index contributed by atoms with van der Waals surface area (Å²) in [6.07, 6.45) is 2.76. The average Bonchev–Trinajstić information content (AvgIpc) is 3.34. The molecule has 1 unspecified atom stereocenters. The number of aromatic nitrogens is 2. The van der Waals surface area contributed by atoms with Gasteiger partial charge in [-0.2, -0.15) is 0 Å². The van der Waals surface area contributed by atoms with E-state index in [0.717, 1.165) is 11.3 Å². The minimum absolute atomic E-state index is 0.0560. The summed E-state index contributed by atoms with van der Waals surface area (Å²) in [6.45, 7) is 3.64. The van der Waals surface area contributed by atoms with E-state index in [9.17, 15) is 14.4 Å². The topological polar surface area (TPSA) is 112 Å². The molecule has 1 heterocycles. The van der Waals surface area contributed by atoms with Crippen LogP contribution in [0, 0.1) is 5.92 Å². The van der Waals surface area contributed by atoms with Crippen LogP contribution >= 0.6 is 0 Å². The van der Waals surface area contributed by atoms with Crippen molar-refractivity contribution in [3.05, 3.63) is 84.4 Å². The molecule has 0 bridgehead atoms. The van der Waals surface area contributed by atoms with E-state index in [0.29, 0.717) is 5.69 Å². The van der Waals surface area contributed by atoms with Gasteiger partial charge in [0.1, 0.15) is 18.7 Å². The quantitative estimate of drug-likeness (QED) is 0.433. The second-order valence-electron chi connectivity index (χ2n) is 8.32. The van der Waals surface area contributed by atoms with Crippen molar-refractivity contribution in [1.82, 2.24) is 20.2 Å². The van der Waals surface area contributed by atoms with Crippen LogP contribution in [0.3, 0.4) is 0 Å². The van der Waals surface area contributed by atoms with Gasteiger partial charge in [-0.3, -0.25) is 4.79 Å². The number of methoxy groups -OCH3 is 1. The maximum atomic E-state index is 13.1. The Morgan fingerprint density at radius 2 is 1.63 bits per heavy atom. The highest BCUT2D eigenvalue weighted by Crippen LogP contribution is 2.11. The highest BCUT2D eigenvalue weighted by molar-refractivity contribution is 5.90. The molecule has 2 amide bonds. The Bertz CT molecular complexity index is 1120. The number of hydrogen-bond donors (Lipinski definition) is 2. The lowest BCUT2D eigenvalue weighted by Gasteiger charge is -2.23. The first-order valence-corrected chi connectivity index (χ1v) is 11.3. The van der Waals surface area contributed by atoms with Crippen LogP contribution in [0.5, 0.6) is 0 Å². The van der Waals surface area contributed by atoms with Crippen molar-refractivity contribution in [1.29, 1.82) is 0 Å². The van der Waals surface area contributed by atoms with Crippen molar-refractivity contribution in [2.75, 3.05) is 7.11 Å². The zero-order chi connectivity index (χ0) is 25.2. The highest BCUT2D eigenvalue weighted by Gasteiger charge is 2.30. The SMILES string of the molecule is COC(=O)C(NC(=O)[C@H](Cc1cn(-c2ccccc2)cn1)NC(=O)OCc1ccccc1)C(C)C. The maximum Gasteiger partial charge on any atom is 0.408 e. The van der Waals surface area contributed by atoms with Crippen molar-refractivity contribution in [3.8, 4) is 5.69 Å². The molecular formula is C26H30N4O5. The molecule has 3 rings (SSSR count). The van der Waals surface area contributed by atoms with Crippen molar-refractivity contribution in [3.63, 3.8) is 0 Å². The number of imidazole rings is 1. The summed E-state index contributed by atoms with van der Waals surface area (Å²) in [5, 5.41) is 5.30. The van der Waals surface area contributed by atoms with Gasteiger partial charge in [0.05, 0.1) is 19.1 Å². The zero-order valence-corrected chi connectivity index (χ0v) is 20.0. The van der Waals surface area contributed by atoms with Crippen LogP contribution in [0.1, 0.15) is 25.1 Å². The number of alkyl carbamates (subject to hydrolysis) is 1. The first-order valence-electron chi connectivity index (χ1n) is 11.3. The fourth-order valence-electron chi connectivity index (χ4n) is 3.41. The molecule has 0 saturated carbocycles. The van der Waals surface area contributed by atoms with Gasteiger partial charge in [0.15, 0.2) is 0 Å². The van der Waals surface area contributed by atoms with Crippen LogP contribution < -0.4 is 10.6 Å². The number of para-hydroxylation sites is 1. The van der Waals surface area contributed by atoms with Crippen molar-refractivity contribution >= 4 is 18.0 Å². The average molecular weight is 479 g/mol. The van der Waals surface area contributed by atoms with Gasteiger partial charge in [0.2, 0.25) is 5.91 Å². The third kappa shape index (κ3) is 7.43. The van der Waals surface area contributed by atoms with Gasteiger partial charge in [0.25, 0.3) is 0 Å². The number of nitrogens with zero attached hydrogens (tertiary/aromatic N) is 2. The van der Waals surface area contributed by atoms with Gasteiger partial charge >= 0.3 is 12.1 Å². The lowest BCUT2D eigenvalue weighted by atomic mass is 10.0. The van der Waals surface area contributed by atoms with Crippen LogP contribution in [-0.2, 0) is 32.1 Å². The number of benzene rings is 2. The number of ether oxygens (including phenoxy) is 2. The normalized spacial score (nSPS) is 12.5. The maximum absolute atomic E-state index is 13.1. The molecule has 3 aromatic rings. The Balaban J connectivity index is 1.74. The van der Waals surface area contributed by atoms with E-state index in [1.54, 1.807) is 26.4 Å². The first kappa shape index (κ1) is 25.5. The van der Waals surface area contributed by atoms with E-state index in [4.69, 9.17) is 9.47 Å². The van der Waals surface area contributed by atoms with Crippen molar-refractivity contribution in [2.45, 2.75) is 39.0 Å². The predicted octanol–water partition coefficient (Wildman–Crippen LogP) is 3.02. The molecule has 9 nitrogen and oxygen atoms in total.